The highest BCUT2D eigenvalue weighted by Gasteiger charge is 2.25. The van der Waals surface area contributed by atoms with Crippen LogP contribution in [0.2, 0.25) is 10.2 Å². The van der Waals surface area contributed by atoms with Crippen LogP contribution < -0.4 is 0 Å². The molecular formula is C10H12Cl2N2OS. The normalized spacial score (nSPS) is 14.4. The molecule has 1 atom stereocenters. The van der Waals surface area contributed by atoms with E-state index >= 15 is 0 Å². The molecule has 0 saturated heterocycles. The average molecular weight is 279 g/mol. The Morgan fingerprint density at radius 1 is 1.44 bits per heavy atom. The molecule has 1 heterocycles. The molecule has 16 heavy (non-hydrogen) atoms. The summed E-state index contributed by atoms with van der Waals surface area (Å²) in [6, 6.07) is 1.63. The fourth-order valence-electron chi connectivity index (χ4n) is 0.773. The maximum Gasteiger partial charge on any atom is 0.147 e. The van der Waals surface area contributed by atoms with Crippen LogP contribution >= 0.6 is 23.2 Å². The fraction of sp³-hybridized carbons (Fsp3) is 0.400. The summed E-state index contributed by atoms with van der Waals surface area (Å²) in [4.78, 5) is 3.86. The van der Waals surface area contributed by atoms with Crippen molar-refractivity contribution in [1.82, 2.24) is 4.98 Å². The number of halogens is 2. The molecule has 0 aliphatic rings. The zero-order chi connectivity index (χ0) is 12.3. The van der Waals surface area contributed by atoms with Crippen molar-refractivity contribution in [3.8, 4) is 0 Å². The second-order valence-electron chi connectivity index (χ2n) is 4.14. The van der Waals surface area contributed by atoms with E-state index in [9.17, 15) is 4.55 Å². The van der Waals surface area contributed by atoms with Gasteiger partial charge in [0.2, 0.25) is 0 Å². The number of rotatable bonds is 2. The molecule has 1 aromatic rings. The molecule has 0 N–H and O–H groups in total. The van der Waals surface area contributed by atoms with Crippen LogP contribution in [0, 0.1) is 0 Å². The van der Waals surface area contributed by atoms with Gasteiger partial charge in [-0.05, 0) is 26.8 Å². The Morgan fingerprint density at radius 3 is 2.56 bits per heavy atom. The van der Waals surface area contributed by atoms with Gasteiger partial charge in [-0.2, -0.15) is 0 Å². The molecule has 0 aromatic carbocycles. The summed E-state index contributed by atoms with van der Waals surface area (Å²) in [7, 11) is 0. The standard InChI is InChI=1S/C10H12Cl2N2OS/c1-10(2,3)16(15)14-6-7-4-8(11)9(12)13-5-7/h4-6H,1-3H3. The van der Waals surface area contributed by atoms with Crippen molar-refractivity contribution in [1.29, 1.82) is 0 Å². The Morgan fingerprint density at radius 2 is 2.06 bits per heavy atom. The van der Waals surface area contributed by atoms with Gasteiger partial charge < -0.3 is 4.55 Å². The molecule has 0 fully saturated rings. The third-order valence-electron chi connectivity index (χ3n) is 1.64. The van der Waals surface area contributed by atoms with Crippen LogP contribution in [-0.4, -0.2) is 20.5 Å². The zero-order valence-corrected chi connectivity index (χ0v) is 11.5. The molecular weight excluding hydrogens is 267 g/mol. The van der Waals surface area contributed by atoms with E-state index < -0.39 is 11.4 Å². The van der Waals surface area contributed by atoms with Gasteiger partial charge >= 0.3 is 0 Å². The van der Waals surface area contributed by atoms with E-state index in [1.807, 2.05) is 20.8 Å². The summed E-state index contributed by atoms with van der Waals surface area (Å²) < 4.78 is 15.2. The lowest BCUT2D eigenvalue weighted by Gasteiger charge is -2.17. The summed E-state index contributed by atoms with van der Waals surface area (Å²) in [6.07, 6.45) is 3.01. The molecule has 0 aliphatic heterocycles. The van der Waals surface area contributed by atoms with E-state index in [1.165, 1.54) is 12.4 Å². The van der Waals surface area contributed by atoms with E-state index in [4.69, 9.17) is 23.2 Å². The summed E-state index contributed by atoms with van der Waals surface area (Å²) in [5.74, 6) is 0. The Balaban J connectivity index is 2.81. The smallest absolute Gasteiger partial charge is 0.147 e. The van der Waals surface area contributed by atoms with Crippen LogP contribution in [0.1, 0.15) is 26.3 Å². The van der Waals surface area contributed by atoms with Crippen molar-refractivity contribution in [2.24, 2.45) is 4.40 Å². The molecule has 3 nitrogen and oxygen atoms in total. The summed E-state index contributed by atoms with van der Waals surface area (Å²) >= 11 is 10.2. The van der Waals surface area contributed by atoms with Gasteiger partial charge in [0.15, 0.2) is 0 Å². The highest BCUT2D eigenvalue weighted by atomic mass is 35.5. The van der Waals surface area contributed by atoms with Crippen molar-refractivity contribution in [3.63, 3.8) is 0 Å². The lowest BCUT2D eigenvalue weighted by atomic mass is 10.3. The van der Waals surface area contributed by atoms with Crippen molar-refractivity contribution >= 4 is 40.8 Å². The number of aromatic nitrogens is 1. The minimum absolute atomic E-state index is 0.246. The quantitative estimate of drug-likeness (QED) is 0.474. The molecule has 0 bridgehead atoms. The van der Waals surface area contributed by atoms with Crippen LogP contribution in [0.4, 0.5) is 0 Å². The van der Waals surface area contributed by atoms with E-state index in [0.29, 0.717) is 10.6 Å². The van der Waals surface area contributed by atoms with Gasteiger partial charge in [0.1, 0.15) is 21.3 Å². The molecule has 6 heteroatoms. The van der Waals surface area contributed by atoms with E-state index in [0.717, 1.165) is 0 Å². The molecule has 0 saturated carbocycles. The Hall–Kier alpha value is -0.290. The largest absolute Gasteiger partial charge is 0.591 e. The Bertz CT molecular complexity index is 404. The highest BCUT2D eigenvalue weighted by molar-refractivity contribution is 7.91. The third-order valence-corrected chi connectivity index (χ3v) is 3.67. The summed E-state index contributed by atoms with van der Waals surface area (Å²) in [5.41, 5.74) is 0.673. The first kappa shape index (κ1) is 13.8. The minimum atomic E-state index is -1.28. The second kappa shape index (κ2) is 5.36. The van der Waals surface area contributed by atoms with Crippen LogP contribution in [-0.2, 0) is 11.4 Å². The van der Waals surface area contributed by atoms with Crippen LogP contribution in [0.5, 0.6) is 0 Å². The summed E-state index contributed by atoms with van der Waals surface area (Å²) in [5, 5.41) is 0.600. The molecule has 0 spiro atoms. The molecule has 1 rings (SSSR count). The van der Waals surface area contributed by atoms with Gasteiger partial charge in [-0.15, -0.1) is 0 Å². The lowest BCUT2D eigenvalue weighted by Crippen LogP contribution is -2.25. The maximum absolute atomic E-state index is 11.6. The van der Waals surface area contributed by atoms with E-state index in [1.54, 1.807) is 6.07 Å². The zero-order valence-electron chi connectivity index (χ0n) is 9.20. The molecule has 0 aliphatic carbocycles. The summed E-state index contributed by atoms with van der Waals surface area (Å²) in [6.45, 7) is 5.56. The first-order valence-electron chi connectivity index (χ1n) is 4.58. The van der Waals surface area contributed by atoms with E-state index in [2.05, 4.69) is 9.38 Å². The van der Waals surface area contributed by atoms with Crippen molar-refractivity contribution in [2.45, 2.75) is 25.5 Å². The van der Waals surface area contributed by atoms with Gasteiger partial charge in [0.05, 0.1) is 11.2 Å². The van der Waals surface area contributed by atoms with Crippen molar-refractivity contribution < 1.29 is 4.55 Å². The van der Waals surface area contributed by atoms with Gasteiger partial charge in [0, 0.05) is 11.8 Å². The number of hydrogen-bond donors (Lipinski definition) is 0. The fourth-order valence-corrected chi connectivity index (χ4v) is 1.59. The second-order valence-corrected chi connectivity index (χ2v) is 6.84. The third kappa shape index (κ3) is 3.94. The van der Waals surface area contributed by atoms with Crippen LogP contribution in [0.3, 0.4) is 0 Å². The first-order chi connectivity index (χ1) is 7.30. The van der Waals surface area contributed by atoms with Gasteiger partial charge in [-0.25, -0.2) is 4.98 Å². The van der Waals surface area contributed by atoms with Crippen molar-refractivity contribution in [2.75, 3.05) is 0 Å². The first-order valence-corrected chi connectivity index (χ1v) is 6.44. The Kier molecular flexibility index (Phi) is 4.62. The lowest BCUT2D eigenvalue weighted by molar-refractivity contribution is 0.562. The molecule has 88 valence electrons. The predicted molar refractivity (Wildman–Crippen MR) is 69.7 cm³/mol. The number of hydrogen-bond acceptors (Lipinski definition) is 3. The molecule has 0 amide bonds. The number of nitrogens with zero attached hydrogens (tertiary/aromatic N) is 2. The van der Waals surface area contributed by atoms with Crippen LogP contribution in [0.15, 0.2) is 16.7 Å². The molecule has 1 unspecified atom stereocenters. The van der Waals surface area contributed by atoms with Gasteiger partial charge in [-0.1, -0.05) is 27.6 Å². The highest BCUT2D eigenvalue weighted by Crippen LogP contribution is 2.20. The average Bonchev–Trinajstić information content (AvgIpc) is 2.18. The number of pyridine rings is 1. The van der Waals surface area contributed by atoms with Gasteiger partial charge in [-0.3, -0.25) is 0 Å². The van der Waals surface area contributed by atoms with Crippen molar-refractivity contribution in [3.05, 3.63) is 28.0 Å². The SMILES string of the molecule is CC(C)(C)[S+]([O-])N=Cc1cnc(Cl)c(Cl)c1. The minimum Gasteiger partial charge on any atom is -0.591 e. The molecule has 1 aromatic heterocycles. The predicted octanol–water partition coefficient (Wildman–Crippen LogP) is 3.27. The monoisotopic (exact) mass is 278 g/mol. The molecule has 0 radical (unpaired) electrons. The van der Waals surface area contributed by atoms with Crippen LogP contribution in [0.25, 0.3) is 0 Å². The van der Waals surface area contributed by atoms with Gasteiger partial charge in [0.25, 0.3) is 0 Å². The van der Waals surface area contributed by atoms with E-state index in [-0.39, 0.29) is 9.90 Å². The topological polar surface area (TPSA) is 48.3 Å². The maximum atomic E-state index is 11.6. The Labute approximate surface area is 108 Å².